The third-order valence-electron chi connectivity index (χ3n) is 5.66. The van der Waals surface area contributed by atoms with Gasteiger partial charge in [0.25, 0.3) is 5.91 Å². The number of nitrogens with one attached hydrogen (secondary N) is 2. The van der Waals surface area contributed by atoms with Crippen molar-refractivity contribution >= 4 is 17.6 Å². The van der Waals surface area contributed by atoms with Crippen molar-refractivity contribution in [1.82, 2.24) is 15.1 Å². The van der Waals surface area contributed by atoms with Crippen molar-refractivity contribution in [1.29, 1.82) is 0 Å². The van der Waals surface area contributed by atoms with Gasteiger partial charge in [0.15, 0.2) is 0 Å². The third-order valence-corrected chi connectivity index (χ3v) is 5.66. The molecule has 174 valence electrons. The van der Waals surface area contributed by atoms with Crippen molar-refractivity contribution < 1.29 is 19.1 Å². The number of anilines is 1. The van der Waals surface area contributed by atoms with E-state index in [4.69, 9.17) is 9.47 Å². The van der Waals surface area contributed by atoms with E-state index in [0.29, 0.717) is 30.2 Å². The van der Waals surface area contributed by atoms with E-state index in [-0.39, 0.29) is 36.0 Å². The molecule has 0 bridgehead atoms. The molecule has 1 aliphatic rings. The van der Waals surface area contributed by atoms with E-state index in [1.165, 1.54) is 0 Å². The number of urea groups is 1. The Balaban J connectivity index is 2.36. The summed E-state index contributed by atoms with van der Waals surface area (Å²) in [4.78, 5) is 29.3. The fourth-order valence-corrected chi connectivity index (χ4v) is 3.79. The lowest BCUT2D eigenvalue weighted by Gasteiger charge is -2.35. The Labute approximate surface area is 186 Å². The summed E-state index contributed by atoms with van der Waals surface area (Å²) in [6, 6.07) is 5.02. The Kier molecular flexibility index (Phi) is 9.13. The third kappa shape index (κ3) is 6.83. The molecule has 1 aromatic carbocycles. The molecule has 2 N–H and O–H groups in total. The van der Waals surface area contributed by atoms with Gasteiger partial charge in [-0.2, -0.15) is 0 Å². The number of amides is 3. The SMILES string of the molecule is CCN1C[C@@H](C)[C@H](OC)CN(C)C(=O)c2ccc(NC(=O)NC(C)C)cc2OC[C@H]1C. The summed E-state index contributed by atoms with van der Waals surface area (Å²) < 4.78 is 11.9. The van der Waals surface area contributed by atoms with Gasteiger partial charge in [-0.05, 0) is 45.4 Å². The van der Waals surface area contributed by atoms with Gasteiger partial charge in [0.05, 0.1) is 11.7 Å². The summed E-state index contributed by atoms with van der Waals surface area (Å²) in [7, 11) is 3.47. The molecule has 1 aliphatic heterocycles. The van der Waals surface area contributed by atoms with Gasteiger partial charge >= 0.3 is 6.03 Å². The number of nitrogens with zero attached hydrogens (tertiary/aromatic N) is 2. The van der Waals surface area contributed by atoms with E-state index in [2.05, 4.69) is 36.3 Å². The fraction of sp³-hybridized carbons (Fsp3) is 0.652. The summed E-state index contributed by atoms with van der Waals surface area (Å²) in [6.07, 6.45) is -0.0698. The van der Waals surface area contributed by atoms with Crippen LogP contribution in [-0.4, -0.2) is 80.3 Å². The number of methoxy groups -OCH3 is 1. The number of likely N-dealkylation sites (N-methyl/N-ethyl adjacent to an activating group) is 2. The normalized spacial score (nSPS) is 23.4. The van der Waals surface area contributed by atoms with Crippen LogP contribution >= 0.6 is 0 Å². The second-order valence-electron chi connectivity index (χ2n) is 8.65. The van der Waals surface area contributed by atoms with Crippen LogP contribution in [0.1, 0.15) is 45.0 Å². The van der Waals surface area contributed by atoms with Gasteiger partial charge in [-0.15, -0.1) is 0 Å². The molecule has 0 spiro atoms. The van der Waals surface area contributed by atoms with Crippen LogP contribution in [0.15, 0.2) is 18.2 Å². The maximum absolute atomic E-state index is 13.2. The number of carbonyl (C=O) groups excluding carboxylic acids is 2. The number of ether oxygens (including phenoxy) is 2. The van der Waals surface area contributed by atoms with Crippen molar-refractivity contribution in [2.24, 2.45) is 5.92 Å². The molecule has 0 aromatic heterocycles. The molecule has 0 saturated carbocycles. The minimum Gasteiger partial charge on any atom is -0.491 e. The van der Waals surface area contributed by atoms with Crippen molar-refractivity contribution in [3.05, 3.63) is 23.8 Å². The predicted octanol–water partition coefficient (Wildman–Crippen LogP) is 3.04. The van der Waals surface area contributed by atoms with Gasteiger partial charge in [0, 0.05) is 51.1 Å². The molecule has 0 radical (unpaired) electrons. The first-order chi connectivity index (χ1) is 14.7. The van der Waals surface area contributed by atoms with Crippen LogP contribution in [0, 0.1) is 5.92 Å². The summed E-state index contributed by atoms with van der Waals surface area (Å²) >= 11 is 0. The Morgan fingerprint density at radius 3 is 2.61 bits per heavy atom. The Morgan fingerprint density at radius 1 is 1.29 bits per heavy atom. The van der Waals surface area contributed by atoms with Crippen LogP contribution in [0.5, 0.6) is 5.75 Å². The minimum absolute atomic E-state index is 0.0211. The predicted molar refractivity (Wildman–Crippen MR) is 123 cm³/mol. The summed E-state index contributed by atoms with van der Waals surface area (Å²) in [5.41, 5.74) is 1.04. The first-order valence-electron chi connectivity index (χ1n) is 11.0. The zero-order valence-electron chi connectivity index (χ0n) is 19.9. The first-order valence-corrected chi connectivity index (χ1v) is 11.0. The molecule has 0 saturated heterocycles. The maximum atomic E-state index is 13.2. The number of carbonyl (C=O) groups is 2. The lowest BCUT2D eigenvalue weighted by atomic mass is 10.0. The average Bonchev–Trinajstić information content (AvgIpc) is 2.71. The van der Waals surface area contributed by atoms with E-state index < -0.39 is 0 Å². The quantitative estimate of drug-likeness (QED) is 0.761. The van der Waals surface area contributed by atoms with Crippen LogP contribution in [0.4, 0.5) is 10.5 Å². The van der Waals surface area contributed by atoms with Crippen LogP contribution in [0.25, 0.3) is 0 Å². The van der Waals surface area contributed by atoms with Gasteiger partial charge in [0.2, 0.25) is 0 Å². The van der Waals surface area contributed by atoms with E-state index in [1.54, 1.807) is 37.3 Å². The van der Waals surface area contributed by atoms with Crippen molar-refractivity contribution in [3.8, 4) is 5.75 Å². The van der Waals surface area contributed by atoms with Crippen molar-refractivity contribution in [2.45, 2.75) is 52.8 Å². The Hall–Kier alpha value is -2.32. The molecule has 31 heavy (non-hydrogen) atoms. The lowest BCUT2D eigenvalue weighted by Crippen LogP contribution is -2.46. The first kappa shape index (κ1) is 24.9. The highest BCUT2D eigenvalue weighted by Gasteiger charge is 2.27. The van der Waals surface area contributed by atoms with Gasteiger partial charge in [-0.3, -0.25) is 9.69 Å². The van der Waals surface area contributed by atoms with Gasteiger partial charge < -0.3 is 25.0 Å². The van der Waals surface area contributed by atoms with E-state index in [9.17, 15) is 9.59 Å². The number of hydrogen-bond acceptors (Lipinski definition) is 5. The Bertz CT molecular complexity index is 755. The number of hydrogen-bond donors (Lipinski definition) is 2. The summed E-state index contributed by atoms with van der Waals surface area (Å²) in [6.45, 7) is 12.9. The molecule has 8 heteroatoms. The highest BCUT2D eigenvalue weighted by atomic mass is 16.5. The van der Waals surface area contributed by atoms with Gasteiger partial charge in [-0.1, -0.05) is 13.8 Å². The second kappa shape index (κ2) is 11.3. The van der Waals surface area contributed by atoms with Crippen molar-refractivity contribution in [2.75, 3.05) is 45.7 Å². The number of benzene rings is 1. The molecule has 0 fully saturated rings. The average molecular weight is 435 g/mol. The molecular formula is C23H38N4O4. The minimum atomic E-state index is -0.297. The lowest BCUT2D eigenvalue weighted by molar-refractivity contribution is 0.0116. The van der Waals surface area contributed by atoms with Crippen LogP contribution in [-0.2, 0) is 4.74 Å². The number of fused-ring (bicyclic) bond motifs is 1. The van der Waals surface area contributed by atoms with E-state index in [1.807, 2.05) is 13.8 Å². The van der Waals surface area contributed by atoms with Gasteiger partial charge in [0.1, 0.15) is 12.4 Å². The molecule has 3 atom stereocenters. The Morgan fingerprint density at radius 2 is 2.00 bits per heavy atom. The smallest absolute Gasteiger partial charge is 0.319 e. The molecular weight excluding hydrogens is 396 g/mol. The molecule has 1 aromatic rings. The highest BCUT2D eigenvalue weighted by molar-refractivity contribution is 5.98. The summed E-state index contributed by atoms with van der Waals surface area (Å²) in [5.74, 6) is 0.584. The molecule has 0 aliphatic carbocycles. The zero-order chi connectivity index (χ0) is 23.1. The molecule has 8 nitrogen and oxygen atoms in total. The largest absolute Gasteiger partial charge is 0.491 e. The van der Waals surface area contributed by atoms with Crippen molar-refractivity contribution in [3.63, 3.8) is 0 Å². The zero-order valence-corrected chi connectivity index (χ0v) is 19.9. The number of rotatable bonds is 4. The maximum Gasteiger partial charge on any atom is 0.319 e. The standard InChI is InChI=1S/C23H38N4O4/c1-8-27-12-16(4)21(30-7)13-26(6)22(28)19-10-9-18(25-23(29)24-15(2)3)11-20(19)31-14-17(27)5/h9-11,15-17,21H,8,12-14H2,1-7H3,(H2,24,25,29)/t16-,17-,21-/m1/s1. The second-order valence-corrected chi connectivity index (χ2v) is 8.65. The monoisotopic (exact) mass is 434 g/mol. The highest BCUT2D eigenvalue weighted by Crippen LogP contribution is 2.26. The van der Waals surface area contributed by atoms with Gasteiger partial charge in [-0.25, -0.2) is 4.79 Å². The molecule has 0 unspecified atom stereocenters. The summed E-state index contributed by atoms with van der Waals surface area (Å²) in [5, 5.41) is 5.60. The van der Waals surface area contributed by atoms with Crippen LogP contribution in [0.2, 0.25) is 0 Å². The fourth-order valence-electron chi connectivity index (χ4n) is 3.79. The molecule has 1 heterocycles. The molecule has 2 rings (SSSR count). The molecule has 3 amide bonds. The van der Waals surface area contributed by atoms with Crippen LogP contribution < -0.4 is 15.4 Å². The van der Waals surface area contributed by atoms with E-state index >= 15 is 0 Å². The van der Waals surface area contributed by atoms with Crippen LogP contribution in [0.3, 0.4) is 0 Å². The topological polar surface area (TPSA) is 83.1 Å². The van der Waals surface area contributed by atoms with E-state index in [0.717, 1.165) is 13.1 Å².